The van der Waals surface area contributed by atoms with Crippen molar-refractivity contribution in [2.45, 2.75) is 14.7 Å². The molecule has 0 aliphatic rings. The molecular formula is C20H19N5O13S4. The van der Waals surface area contributed by atoms with Gasteiger partial charge in [0.25, 0.3) is 20.2 Å². The van der Waals surface area contributed by atoms with E-state index in [1.165, 1.54) is 18.2 Å². The van der Waals surface area contributed by atoms with E-state index in [9.17, 15) is 47.9 Å². The molecule has 0 amide bonds. The van der Waals surface area contributed by atoms with Gasteiger partial charge in [0.05, 0.1) is 22.9 Å². The van der Waals surface area contributed by atoms with Crippen molar-refractivity contribution in [2.75, 3.05) is 18.1 Å². The second-order valence-electron chi connectivity index (χ2n) is 7.92. The predicted octanol–water partition coefficient (Wildman–Crippen LogP) is 2.89. The van der Waals surface area contributed by atoms with Crippen molar-refractivity contribution >= 4 is 68.9 Å². The third-order valence-corrected chi connectivity index (χ3v) is 8.88. The van der Waals surface area contributed by atoms with Gasteiger partial charge in [0.1, 0.15) is 38.3 Å². The summed E-state index contributed by atoms with van der Waals surface area (Å²) in [6.45, 7) is -0.999. The number of rotatable bonds is 11. The summed E-state index contributed by atoms with van der Waals surface area (Å²) in [6, 6.07) is 9.25. The quantitative estimate of drug-likeness (QED) is 0.112. The van der Waals surface area contributed by atoms with Crippen LogP contribution in [0.25, 0.3) is 0 Å². The zero-order valence-corrected chi connectivity index (χ0v) is 23.8. The Hall–Kier alpha value is -3.90. The van der Waals surface area contributed by atoms with Crippen LogP contribution in [0, 0.1) is 0 Å². The molecule has 0 aliphatic carbocycles. The smallest absolute Gasteiger partial charge is 0.397 e. The maximum atomic E-state index is 12.4. The SMILES string of the molecule is Nc1cc(O)c(N=Nc2ccc(S(=O)(=O)CCOS(=O)(=O)O)cc2S(=O)(=O)O)cc1N=Nc1ccccc1S(=O)(=O)O. The second-order valence-corrected chi connectivity index (χ2v) is 13.9. The molecule has 0 aliphatic heterocycles. The minimum atomic E-state index is -5.12. The molecule has 0 unspecified atom stereocenters. The highest BCUT2D eigenvalue weighted by atomic mass is 32.3. The number of nitrogen functional groups attached to an aromatic ring is 1. The number of phenols is 1. The number of aromatic hydroxyl groups is 1. The standard InChI is InChI=1S/C20H19N5O13S4/c21-13-10-18(26)17(11-16(13)24-22-14-3-1-2-4-19(14)40(29,30)31)25-23-15-6-5-12(9-20(15)41(32,33)34)39(27,28)8-7-38-42(35,36)37/h1-6,9-11,26H,7-8,21H2,(H,29,30,31)(H,32,33,34)(H,35,36,37). The van der Waals surface area contributed by atoms with Crippen LogP contribution in [0.1, 0.15) is 0 Å². The molecule has 0 aromatic heterocycles. The van der Waals surface area contributed by atoms with E-state index >= 15 is 0 Å². The highest BCUT2D eigenvalue weighted by Crippen LogP contribution is 2.39. The van der Waals surface area contributed by atoms with Gasteiger partial charge >= 0.3 is 10.4 Å². The Morgan fingerprint density at radius 1 is 0.667 bits per heavy atom. The van der Waals surface area contributed by atoms with Gasteiger partial charge in [-0.1, -0.05) is 12.1 Å². The van der Waals surface area contributed by atoms with E-state index in [2.05, 4.69) is 24.6 Å². The summed E-state index contributed by atoms with van der Waals surface area (Å²) in [5, 5.41) is 25.0. The van der Waals surface area contributed by atoms with Crippen LogP contribution in [0.4, 0.5) is 28.4 Å². The first-order valence-corrected chi connectivity index (χ1v) is 16.7. The van der Waals surface area contributed by atoms with Crippen molar-refractivity contribution in [2.24, 2.45) is 20.5 Å². The van der Waals surface area contributed by atoms with Gasteiger partial charge in [-0.15, -0.1) is 20.5 Å². The molecule has 0 atom stereocenters. The largest absolute Gasteiger partial charge is 0.506 e. The van der Waals surface area contributed by atoms with Gasteiger partial charge in [0.15, 0.2) is 9.84 Å². The Balaban J connectivity index is 1.99. The molecule has 0 saturated heterocycles. The number of azo groups is 2. The van der Waals surface area contributed by atoms with E-state index in [1.54, 1.807) is 0 Å². The molecule has 0 bridgehead atoms. The molecule has 0 radical (unpaired) electrons. The number of hydrogen-bond donors (Lipinski definition) is 5. The number of anilines is 1. The number of phenolic OH excluding ortho intramolecular Hbond substituents is 1. The summed E-state index contributed by atoms with van der Waals surface area (Å²) < 4.78 is 125. The summed E-state index contributed by atoms with van der Waals surface area (Å²) >= 11 is 0. The Morgan fingerprint density at radius 2 is 1.21 bits per heavy atom. The number of nitrogens with zero attached hydrogens (tertiary/aromatic N) is 4. The van der Waals surface area contributed by atoms with Gasteiger partial charge in [-0.25, -0.2) is 12.6 Å². The molecule has 0 fully saturated rings. The zero-order valence-electron chi connectivity index (χ0n) is 20.6. The van der Waals surface area contributed by atoms with Crippen LogP contribution < -0.4 is 5.73 Å². The topological polar surface area (TPSA) is 302 Å². The van der Waals surface area contributed by atoms with Crippen molar-refractivity contribution in [1.82, 2.24) is 0 Å². The summed E-state index contributed by atoms with van der Waals surface area (Å²) in [7, 11) is -19.1. The Labute approximate surface area is 238 Å². The molecule has 3 aromatic rings. The van der Waals surface area contributed by atoms with Crippen molar-refractivity contribution in [3.05, 3.63) is 54.6 Å². The maximum absolute atomic E-state index is 12.4. The monoisotopic (exact) mass is 665 g/mol. The fraction of sp³-hybridized carbons (Fsp3) is 0.100. The lowest BCUT2D eigenvalue weighted by atomic mass is 10.2. The summed E-state index contributed by atoms with van der Waals surface area (Å²) in [5.41, 5.74) is 4.25. The van der Waals surface area contributed by atoms with Crippen LogP contribution >= 0.6 is 0 Å². The summed E-state index contributed by atoms with van der Waals surface area (Å²) in [4.78, 5) is -2.27. The van der Waals surface area contributed by atoms with E-state index in [4.69, 9.17) is 10.3 Å². The minimum Gasteiger partial charge on any atom is -0.506 e. The van der Waals surface area contributed by atoms with E-state index < -0.39 is 79.0 Å². The number of benzene rings is 3. The lowest BCUT2D eigenvalue weighted by Gasteiger charge is -2.08. The lowest BCUT2D eigenvalue weighted by molar-refractivity contribution is 0.284. The summed E-state index contributed by atoms with van der Waals surface area (Å²) in [6.07, 6.45) is 0. The molecule has 226 valence electrons. The van der Waals surface area contributed by atoms with Gasteiger partial charge in [0.2, 0.25) is 0 Å². The first-order chi connectivity index (χ1) is 19.3. The van der Waals surface area contributed by atoms with Gasteiger partial charge in [-0.2, -0.15) is 25.3 Å². The summed E-state index contributed by atoms with van der Waals surface area (Å²) in [5.74, 6) is -1.58. The third kappa shape index (κ3) is 8.56. The van der Waals surface area contributed by atoms with E-state index in [0.717, 1.165) is 30.3 Å². The number of sulfone groups is 1. The van der Waals surface area contributed by atoms with Crippen molar-refractivity contribution in [1.29, 1.82) is 0 Å². The normalized spacial score (nSPS) is 13.2. The molecule has 0 heterocycles. The maximum Gasteiger partial charge on any atom is 0.397 e. The molecule has 0 spiro atoms. The molecule has 42 heavy (non-hydrogen) atoms. The van der Waals surface area contributed by atoms with Crippen molar-refractivity contribution in [3.63, 3.8) is 0 Å². The minimum absolute atomic E-state index is 0.161. The molecular weight excluding hydrogens is 647 g/mol. The average molecular weight is 666 g/mol. The Kier molecular flexibility index (Phi) is 9.43. The molecule has 18 nitrogen and oxygen atoms in total. The van der Waals surface area contributed by atoms with Gasteiger partial charge in [-0.3, -0.25) is 13.7 Å². The molecule has 6 N–H and O–H groups in total. The average Bonchev–Trinajstić information content (AvgIpc) is 2.85. The molecule has 0 saturated carbocycles. The van der Waals surface area contributed by atoms with E-state index in [1.807, 2.05) is 0 Å². The molecule has 3 aromatic carbocycles. The lowest BCUT2D eigenvalue weighted by Crippen LogP contribution is -2.16. The van der Waals surface area contributed by atoms with Crippen LogP contribution in [0.15, 0.2) is 89.7 Å². The highest BCUT2D eigenvalue weighted by molar-refractivity contribution is 7.91. The Morgan fingerprint density at radius 3 is 1.81 bits per heavy atom. The van der Waals surface area contributed by atoms with Gasteiger partial charge in [0, 0.05) is 6.07 Å². The second kappa shape index (κ2) is 12.1. The van der Waals surface area contributed by atoms with Gasteiger partial charge in [-0.05, 0) is 36.4 Å². The van der Waals surface area contributed by atoms with Crippen LogP contribution in [-0.2, 0) is 44.7 Å². The third-order valence-electron chi connectivity index (χ3n) is 4.95. The van der Waals surface area contributed by atoms with Crippen LogP contribution in [0.3, 0.4) is 0 Å². The van der Waals surface area contributed by atoms with Crippen molar-refractivity contribution in [3.8, 4) is 5.75 Å². The van der Waals surface area contributed by atoms with Crippen molar-refractivity contribution < 1.29 is 56.6 Å². The van der Waals surface area contributed by atoms with Gasteiger partial charge < -0.3 is 10.8 Å². The molecule has 22 heteroatoms. The zero-order chi connectivity index (χ0) is 31.5. The number of hydrogen-bond acceptors (Lipinski definition) is 15. The fourth-order valence-electron chi connectivity index (χ4n) is 3.07. The molecule has 3 rings (SSSR count). The predicted molar refractivity (Wildman–Crippen MR) is 143 cm³/mol. The van der Waals surface area contributed by atoms with Crippen LogP contribution in [0.5, 0.6) is 5.75 Å². The van der Waals surface area contributed by atoms with E-state index in [-0.39, 0.29) is 22.7 Å². The first kappa shape index (κ1) is 32.6. The Bertz CT molecular complexity index is 2030. The van der Waals surface area contributed by atoms with E-state index in [0.29, 0.717) is 6.07 Å². The van der Waals surface area contributed by atoms with Crippen LogP contribution in [0.2, 0.25) is 0 Å². The highest BCUT2D eigenvalue weighted by Gasteiger charge is 2.23. The van der Waals surface area contributed by atoms with Crippen LogP contribution in [-0.4, -0.2) is 64.8 Å². The number of nitrogens with two attached hydrogens (primary N) is 1. The first-order valence-electron chi connectivity index (χ1n) is 10.8. The fourth-order valence-corrected chi connectivity index (χ4v) is 5.92.